The molecule has 0 fully saturated rings. The highest BCUT2D eigenvalue weighted by atomic mass is 16.6. The van der Waals surface area contributed by atoms with Crippen molar-refractivity contribution in [3.8, 4) is 28.7 Å². The summed E-state index contributed by atoms with van der Waals surface area (Å²) in [5.41, 5.74) is 50.6. The van der Waals surface area contributed by atoms with E-state index >= 15 is 9.59 Å². The minimum atomic E-state index is -1.76. The predicted octanol–water partition coefficient (Wildman–Crippen LogP) is -7.40. The number of ether oxygens (including phenoxy) is 2. The van der Waals surface area contributed by atoms with Crippen molar-refractivity contribution in [2.75, 3.05) is 79.5 Å². The number of primary amides is 2. The molecule has 6 rings (SSSR count). The molecule has 0 unspecified atom stereocenters. The zero-order chi connectivity index (χ0) is 106. The number of phenolic OH excluding ortho intramolecular Hbond substituents is 3. The summed E-state index contributed by atoms with van der Waals surface area (Å²) in [5, 5.41) is 120. The van der Waals surface area contributed by atoms with Gasteiger partial charge in [-0.2, -0.15) is 0 Å². The van der Waals surface area contributed by atoms with Crippen LogP contribution in [-0.4, -0.2) is 280 Å². The number of benzene rings is 4. The smallest absolute Gasteiger partial charge is 0.340 e. The molecular weight excluding hydrogens is 1880 g/mol. The van der Waals surface area contributed by atoms with Crippen molar-refractivity contribution in [3.05, 3.63) is 112 Å². The predicted molar refractivity (Wildman–Crippen MR) is 528 cm³/mol. The summed E-state index contributed by atoms with van der Waals surface area (Å²) >= 11 is 0. The number of unbranched alkanes of at least 4 members (excludes halogenated alkanes) is 2. The number of guanidine groups is 6. The first-order valence-corrected chi connectivity index (χ1v) is 46.9. The highest BCUT2D eigenvalue weighted by Crippen LogP contribution is 2.57. The fourth-order valence-electron chi connectivity index (χ4n) is 15.4. The van der Waals surface area contributed by atoms with Gasteiger partial charge in [0.2, 0.25) is 76.8 Å². The van der Waals surface area contributed by atoms with Crippen LogP contribution in [0.1, 0.15) is 178 Å². The van der Waals surface area contributed by atoms with E-state index in [1.165, 1.54) is 85.9 Å². The number of aromatic hydroxyl groups is 3. The average Bonchev–Trinajstić information content (AvgIpc) is 1.52. The minimum absolute atomic E-state index is 0.00963. The first kappa shape index (κ1) is 116. The van der Waals surface area contributed by atoms with Crippen LogP contribution in [0.25, 0.3) is 0 Å². The molecule has 54 heteroatoms. The van der Waals surface area contributed by atoms with Crippen LogP contribution in [0.15, 0.2) is 83.9 Å². The largest absolute Gasteiger partial charge is 0.508 e. The third-order valence-electron chi connectivity index (χ3n) is 22.8. The molecule has 2 aliphatic rings. The van der Waals surface area contributed by atoms with Crippen molar-refractivity contribution in [1.29, 1.82) is 27.0 Å². The molecule has 788 valence electrons. The van der Waals surface area contributed by atoms with Gasteiger partial charge in [0, 0.05) is 114 Å². The van der Waals surface area contributed by atoms with Crippen LogP contribution >= 0.6 is 0 Å². The number of esters is 1. The quantitative estimate of drug-likeness (QED) is 0.00845. The standard InChI is InChI=1S/C90H138N34O20/c1-105-89(106-2)113-41-12-20-61(76(135)117-57(72(94)131)15-7-36-108-84(95)96)120-80(139)63(18-10-39-111-87(101)102)123-82(141)65(31-32-69(93)128)124-81(140)64(19-11-40-112-88(103)104)122-79(138)62(17-9-38-110-86(99)100)121-78(137)60(14-4-6-35-92)119-77(136)59(13-3-5-34-91)118-75(134)58(16-8-37-109-85(97)98)115-71(130)47-114-74(133)66(43-48-21-24-50(125)25-22-48)116-70(129)33-42-107-73(132)49-23-28-53-56(44-49)90(144-83(53)142)54-29-26-51(126)45-67(54)143-68-46-52(127)27-30-55(68)90/h21-30,44-46,57-66,125-127H,3-20,31-43,47,91-92H2,1-2H3,(H2,93,128)(H2,94,131)(H,107,132)(H,114,133)(H,115,130)(H,116,129)(H,117,135)(H,118,134)(H,119,136)(H,120,139)(H,121,137)(H,122,138)(H,123,141)(H,124,140)(H4,95,96,108)(H4,97,98,109)(H4,99,100,110)(H4,101,102,111)(H4,103,104,112)(H2,105,106,113)/t57-,58-,59-,60-,61-,62-,63-,64-,65-,66-/m0/s1. The Kier molecular flexibility index (Phi) is 48.5. The lowest BCUT2D eigenvalue weighted by Crippen LogP contribution is -2.60. The molecule has 0 bridgehead atoms. The molecule has 0 saturated carbocycles. The number of carbonyl (C=O) groups is 15. The van der Waals surface area contributed by atoms with E-state index in [0.29, 0.717) is 35.5 Å². The number of amides is 14. The summed E-state index contributed by atoms with van der Waals surface area (Å²) < 4.78 is 12.2. The van der Waals surface area contributed by atoms with Gasteiger partial charge in [0.05, 0.1) is 12.1 Å². The van der Waals surface area contributed by atoms with E-state index in [0.717, 1.165) is 0 Å². The van der Waals surface area contributed by atoms with Gasteiger partial charge in [-0.3, -0.25) is 99.2 Å². The van der Waals surface area contributed by atoms with Crippen molar-refractivity contribution in [3.63, 3.8) is 0 Å². The van der Waals surface area contributed by atoms with Crippen LogP contribution in [0.3, 0.4) is 0 Å². The second-order valence-corrected chi connectivity index (χ2v) is 33.9. The number of nitrogens with two attached hydrogens (primary N) is 9. The zero-order valence-electron chi connectivity index (χ0n) is 80.3. The second kappa shape index (κ2) is 60.0. The summed E-state index contributed by atoms with van der Waals surface area (Å²) in [4.78, 5) is 218. The van der Waals surface area contributed by atoms with E-state index in [-0.39, 0.29) is 219 Å². The molecule has 0 saturated heterocycles. The van der Waals surface area contributed by atoms with Gasteiger partial charge in [0.25, 0.3) is 5.91 Å². The molecule has 0 radical (unpaired) electrons. The Bertz CT molecular complexity index is 5150. The molecule has 45 N–H and O–H groups in total. The Morgan fingerprint density at radius 3 is 1.09 bits per heavy atom. The molecule has 10 atom stereocenters. The number of nitrogens with zero attached hydrogens (tertiary/aromatic N) is 1. The SMILES string of the molecule is CN=C(NC)NCCC[C@H](NC(=O)[C@H](CCCNC(=N)N)NC(=O)[C@H](CCC(N)=O)NC(=O)[C@H](CCCNC(=N)N)NC(=O)[C@H](CCCNC(=N)N)NC(=O)[C@H](CCCCN)NC(=O)[C@H](CCCCN)NC(=O)[C@H](CCCNC(=N)N)NC(=O)CNC(=O)[C@H](Cc1ccc(O)cc1)NC(=O)CCNC(=O)c1ccc2c(c1)C1(OC2=O)c2ccc(O)cc2Oc2cc(O)ccc21)C(=O)N[C@@H](CCCNC(=N)N)C(N)=O. The Morgan fingerprint density at radius 1 is 0.368 bits per heavy atom. The van der Waals surface area contributed by atoms with Crippen molar-refractivity contribution in [2.45, 2.75) is 207 Å². The number of hydrogen-bond acceptors (Lipinski definition) is 28. The first-order valence-electron chi connectivity index (χ1n) is 46.9. The molecule has 4 aromatic carbocycles. The number of rotatable bonds is 63. The third kappa shape index (κ3) is 39.0. The molecule has 2 aliphatic heterocycles. The van der Waals surface area contributed by atoms with Crippen molar-refractivity contribution in [1.82, 2.24) is 101 Å². The number of fused-ring (bicyclic) bond motifs is 6. The third-order valence-corrected chi connectivity index (χ3v) is 22.8. The highest BCUT2D eigenvalue weighted by Gasteiger charge is 2.54. The maximum absolute atomic E-state index is 15.1. The van der Waals surface area contributed by atoms with Crippen LogP contribution < -0.4 is 157 Å². The summed E-state index contributed by atoms with van der Waals surface area (Å²) in [6.45, 7) is -0.761. The number of carbonyl (C=O) groups excluding carboxylic acids is 15. The fourth-order valence-corrected chi connectivity index (χ4v) is 15.4. The van der Waals surface area contributed by atoms with E-state index in [1.807, 2.05) is 0 Å². The van der Waals surface area contributed by atoms with E-state index in [2.05, 4.69) is 106 Å². The molecule has 144 heavy (non-hydrogen) atoms. The molecule has 14 amide bonds. The van der Waals surface area contributed by atoms with E-state index in [9.17, 15) is 77.6 Å². The Balaban J connectivity index is 1.22. The lowest BCUT2D eigenvalue weighted by molar-refractivity contribution is -0.136. The molecule has 0 aliphatic carbocycles. The van der Waals surface area contributed by atoms with E-state index in [1.54, 1.807) is 7.05 Å². The Labute approximate surface area is 830 Å². The first-order chi connectivity index (χ1) is 68.6. The summed E-state index contributed by atoms with van der Waals surface area (Å²) in [6.07, 6.45) is -1.82. The Morgan fingerprint density at radius 2 is 0.722 bits per heavy atom. The zero-order valence-corrected chi connectivity index (χ0v) is 80.3. The number of phenols is 3. The normalized spacial score (nSPS) is 13.9. The van der Waals surface area contributed by atoms with Gasteiger partial charge in [0.1, 0.15) is 89.2 Å². The van der Waals surface area contributed by atoms with Crippen LogP contribution in [0, 0.1) is 27.0 Å². The summed E-state index contributed by atoms with van der Waals surface area (Å²) in [7, 11) is 3.13. The van der Waals surface area contributed by atoms with Gasteiger partial charge in [-0.15, -0.1) is 0 Å². The minimum Gasteiger partial charge on any atom is -0.508 e. The van der Waals surface area contributed by atoms with Crippen molar-refractivity contribution >= 4 is 124 Å². The second-order valence-electron chi connectivity index (χ2n) is 33.9. The molecule has 0 aromatic heterocycles. The maximum atomic E-state index is 15.1. The van der Waals surface area contributed by atoms with E-state index < -0.39 is 204 Å². The highest BCUT2D eigenvalue weighted by molar-refractivity contribution is 6.03. The fraction of sp³-hybridized carbons (Fsp3) is 0.500. The number of nitrogens with one attached hydrogen (secondary N) is 24. The van der Waals surface area contributed by atoms with Crippen LogP contribution in [-0.2, 0) is 79.1 Å². The van der Waals surface area contributed by atoms with Gasteiger partial charge in [-0.25, -0.2) is 4.79 Å². The average molecular weight is 2020 g/mol. The lowest BCUT2D eigenvalue weighted by atomic mass is 9.77. The Hall–Kier alpha value is -16.3. The number of hydrogen-bond donors (Lipinski definition) is 36. The van der Waals surface area contributed by atoms with Gasteiger partial charge in [-0.05, 0) is 195 Å². The molecule has 1 spiro atoms. The van der Waals surface area contributed by atoms with Crippen molar-refractivity contribution < 1.29 is 96.7 Å². The summed E-state index contributed by atoms with van der Waals surface area (Å²) in [6, 6.07) is 2.81. The number of aliphatic imine (C=N–C) groups is 1. The molecule has 4 aromatic rings. The molecule has 2 heterocycles. The molecular formula is C90H138N34O20. The van der Waals surface area contributed by atoms with E-state index in [4.69, 9.17) is 88.1 Å². The van der Waals surface area contributed by atoms with Gasteiger partial charge >= 0.3 is 5.97 Å². The topological polar surface area (TPSA) is 930 Å². The van der Waals surface area contributed by atoms with Crippen LogP contribution in [0.4, 0.5) is 0 Å². The van der Waals surface area contributed by atoms with Crippen molar-refractivity contribution in [2.24, 2.45) is 56.6 Å². The lowest BCUT2D eigenvalue weighted by Gasteiger charge is -2.36. The van der Waals surface area contributed by atoms with Crippen LogP contribution in [0.5, 0.6) is 28.7 Å². The van der Waals surface area contributed by atoms with Gasteiger partial charge in [0.15, 0.2) is 41.4 Å². The van der Waals surface area contributed by atoms with Gasteiger partial charge in [-0.1, -0.05) is 12.1 Å². The maximum Gasteiger partial charge on any atom is 0.340 e. The molecule has 54 nitrogen and oxygen atoms in total. The summed E-state index contributed by atoms with van der Waals surface area (Å²) in [5.74, 6) is -16.0. The van der Waals surface area contributed by atoms with Crippen LogP contribution in [0.2, 0.25) is 0 Å². The van der Waals surface area contributed by atoms with Gasteiger partial charge < -0.3 is 177 Å². The monoisotopic (exact) mass is 2020 g/mol.